The Morgan fingerprint density at radius 3 is 2.56 bits per heavy atom. The highest BCUT2D eigenvalue weighted by Crippen LogP contribution is 2.23. The molecular weight excluding hydrogens is 338 g/mol. The maximum atomic E-state index is 12.7. The molecule has 5 heteroatoms. The van der Waals surface area contributed by atoms with E-state index in [4.69, 9.17) is 4.74 Å². The maximum Gasteiger partial charge on any atom is 0.241 e. The summed E-state index contributed by atoms with van der Waals surface area (Å²) in [5.41, 5.74) is 4.41. The molecule has 5 nitrogen and oxygen atoms in total. The van der Waals surface area contributed by atoms with Crippen LogP contribution in [0, 0.1) is 6.92 Å². The Morgan fingerprint density at radius 1 is 1.15 bits per heavy atom. The Bertz CT molecular complexity index is 772. The van der Waals surface area contributed by atoms with Crippen LogP contribution in [0.2, 0.25) is 0 Å². The minimum Gasteiger partial charge on any atom is -0.378 e. The Hall–Kier alpha value is -2.37. The Morgan fingerprint density at radius 2 is 1.81 bits per heavy atom. The maximum absolute atomic E-state index is 12.7. The second-order valence-electron chi connectivity index (χ2n) is 7.12. The van der Waals surface area contributed by atoms with Crippen molar-refractivity contribution in [2.75, 3.05) is 43.6 Å². The number of amides is 1. The Labute approximate surface area is 161 Å². The summed E-state index contributed by atoms with van der Waals surface area (Å²) in [5.74, 6) is 0.00986. The van der Waals surface area contributed by atoms with Crippen LogP contribution in [-0.4, -0.2) is 50.2 Å². The molecule has 1 atom stereocenters. The zero-order chi connectivity index (χ0) is 19.2. The summed E-state index contributed by atoms with van der Waals surface area (Å²) in [7, 11) is 2.00. The number of hydrogen-bond acceptors (Lipinski definition) is 4. The molecule has 2 aromatic carbocycles. The van der Waals surface area contributed by atoms with E-state index in [1.54, 1.807) is 0 Å². The quantitative estimate of drug-likeness (QED) is 0.851. The molecule has 0 unspecified atom stereocenters. The van der Waals surface area contributed by atoms with E-state index in [-0.39, 0.29) is 11.9 Å². The summed E-state index contributed by atoms with van der Waals surface area (Å²) < 4.78 is 5.47. The number of rotatable bonds is 6. The number of carbonyl (C=O) groups excluding carboxylic acids is 1. The molecule has 1 saturated heterocycles. The third-order valence-electron chi connectivity index (χ3n) is 5.21. The minimum absolute atomic E-state index is 0.00986. The number of nitrogens with one attached hydrogen (secondary N) is 1. The molecule has 27 heavy (non-hydrogen) atoms. The zero-order valence-electron chi connectivity index (χ0n) is 16.4. The number of carbonyl (C=O) groups is 1. The number of para-hydroxylation sites is 2. The first-order chi connectivity index (χ1) is 13.1. The van der Waals surface area contributed by atoms with Gasteiger partial charge in [-0.3, -0.25) is 9.69 Å². The molecule has 0 saturated carbocycles. The normalized spacial score (nSPS) is 15.6. The van der Waals surface area contributed by atoms with Crippen molar-refractivity contribution in [1.82, 2.24) is 4.90 Å². The smallest absolute Gasteiger partial charge is 0.241 e. The molecule has 1 amide bonds. The number of hydrogen-bond donors (Lipinski definition) is 1. The molecule has 2 aromatic rings. The number of aryl methyl sites for hydroxylation is 1. The zero-order valence-corrected chi connectivity index (χ0v) is 16.4. The van der Waals surface area contributed by atoms with Crippen LogP contribution in [0.15, 0.2) is 48.5 Å². The molecule has 1 aliphatic rings. The average molecular weight is 367 g/mol. The fourth-order valence-corrected chi connectivity index (χ4v) is 3.31. The first-order valence-corrected chi connectivity index (χ1v) is 9.53. The van der Waals surface area contributed by atoms with E-state index in [1.165, 1.54) is 11.3 Å². The minimum atomic E-state index is -0.234. The van der Waals surface area contributed by atoms with Gasteiger partial charge in [-0.15, -0.1) is 0 Å². The van der Waals surface area contributed by atoms with Crippen LogP contribution in [0.1, 0.15) is 18.1 Å². The van der Waals surface area contributed by atoms with E-state index >= 15 is 0 Å². The Balaban J connectivity index is 1.67. The van der Waals surface area contributed by atoms with E-state index in [1.807, 2.05) is 45.2 Å². The van der Waals surface area contributed by atoms with Crippen molar-refractivity contribution in [1.29, 1.82) is 0 Å². The summed E-state index contributed by atoms with van der Waals surface area (Å²) in [6.45, 7) is 8.01. The lowest BCUT2D eigenvalue weighted by Gasteiger charge is -2.32. The van der Waals surface area contributed by atoms with Gasteiger partial charge in [0.2, 0.25) is 5.91 Å². The van der Waals surface area contributed by atoms with Crippen LogP contribution in [0.25, 0.3) is 0 Å². The fourth-order valence-electron chi connectivity index (χ4n) is 3.31. The van der Waals surface area contributed by atoms with Crippen LogP contribution in [0.3, 0.4) is 0 Å². The van der Waals surface area contributed by atoms with Crippen molar-refractivity contribution >= 4 is 17.3 Å². The standard InChI is InChI=1S/C22H29N3O2/c1-17-8-4-6-10-20(17)23-22(26)18(2)24(3)16-19-9-5-7-11-21(19)25-12-14-27-15-13-25/h4-11,18H,12-16H2,1-3H3,(H,23,26)/t18-/m1/s1. The molecule has 1 N–H and O–H groups in total. The topological polar surface area (TPSA) is 44.8 Å². The summed E-state index contributed by atoms with van der Waals surface area (Å²) in [5, 5.41) is 3.05. The first-order valence-electron chi connectivity index (χ1n) is 9.53. The lowest BCUT2D eigenvalue weighted by atomic mass is 10.1. The number of likely N-dealkylation sites (N-methyl/N-ethyl adjacent to an activating group) is 1. The molecular formula is C22H29N3O2. The largest absolute Gasteiger partial charge is 0.378 e. The third-order valence-corrected chi connectivity index (χ3v) is 5.21. The predicted molar refractivity (Wildman–Crippen MR) is 110 cm³/mol. The number of anilines is 2. The van der Waals surface area contributed by atoms with Gasteiger partial charge in [0.05, 0.1) is 19.3 Å². The lowest BCUT2D eigenvalue weighted by Crippen LogP contribution is -2.40. The highest BCUT2D eigenvalue weighted by molar-refractivity contribution is 5.95. The van der Waals surface area contributed by atoms with Crippen molar-refractivity contribution in [2.24, 2.45) is 0 Å². The van der Waals surface area contributed by atoms with Crippen LogP contribution in [0.4, 0.5) is 11.4 Å². The summed E-state index contributed by atoms with van der Waals surface area (Å²) in [6.07, 6.45) is 0. The van der Waals surface area contributed by atoms with Gasteiger partial charge in [-0.05, 0) is 44.2 Å². The van der Waals surface area contributed by atoms with Gasteiger partial charge < -0.3 is 15.0 Å². The molecule has 1 fully saturated rings. The highest BCUT2D eigenvalue weighted by atomic mass is 16.5. The molecule has 0 aliphatic carbocycles. The molecule has 1 aliphatic heterocycles. The van der Waals surface area contributed by atoms with Crippen LogP contribution < -0.4 is 10.2 Å². The SMILES string of the molecule is Cc1ccccc1NC(=O)[C@@H](C)N(C)Cc1ccccc1N1CCOCC1. The molecule has 0 radical (unpaired) electrons. The number of ether oxygens (including phenoxy) is 1. The summed E-state index contributed by atoms with van der Waals surface area (Å²) in [6, 6.07) is 16.1. The van der Waals surface area contributed by atoms with Crippen molar-refractivity contribution < 1.29 is 9.53 Å². The second kappa shape index (κ2) is 9.02. The van der Waals surface area contributed by atoms with E-state index in [9.17, 15) is 4.79 Å². The number of morpholine rings is 1. The van der Waals surface area contributed by atoms with Crippen LogP contribution >= 0.6 is 0 Å². The monoisotopic (exact) mass is 367 g/mol. The highest BCUT2D eigenvalue weighted by Gasteiger charge is 2.21. The molecule has 1 heterocycles. The molecule has 144 valence electrons. The van der Waals surface area contributed by atoms with Gasteiger partial charge in [0.1, 0.15) is 0 Å². The van der Waals surface area contributed by atoms with Crippen molar-refractivity contribution in [3.05, 3.63) is 59.7 Å². The number of nitrogens with zero attached hydrogens (tertiary/aromatic N) is 2. The predicted octanol–water partition coefficient (Wildman–Crippen LogP) is 3.29. The third kappa shape index (κ3) is 4.87. The number of benzene rings is 2. The van der Waals surface area contributed by atoms with Gasteiger partial charge in [-0.25, -0.2) is 0 Å². The fraction of sp³-hybridized carbons (Fsp3) is 0.409. The van der Waals surface area contributed by atoms with Gasteiger partial charge in [-0.1, -0.05) is 36.4 Å². The van der Waals surface area contributed by atoms with E-state index in [2.05, 4.69) is 39.4 Å². The molecule has 0 aromatic heterocycles. The Kier molecular flexibility index (Phi) is 6.48. The second-order valence-corrected chi connectivity index (χ2v) is 7.12. The van der Waals surface area contributed by atoms with Crippen molar-refractivity contribution in [2.45, 2.75) is 26.4 Å². The first kappa shape index (κ1) is 19.4. The van der Waals surface area contributed by atoms with Gasteiger partial charge in [0.15, 0.2) is 0 Å². The van der Waals surface area contributed by atoms with E-state index in [0.29, 0.717) is 0 Å². The van der Waals surface area contributed by atoms with Gasteiger partial charge in [0.25, 0.3) is 0 Å². The molecule has 0 spiro atoms. The van der Waals surface area contributed by atoms with Crippen LogP contribution in [0.5, 0.6) is 0 Å². The van der Waals surface area contributed by atoms with Crippen molar-refractivity contribution in [3.63, 3.8) is 0 Å². The van der Waals surface area contributed by atoms with Gasteiger partial charge in [-0.2, -0.15) is 0 Å². The average Bonchev–Trinajstić information content (AvgIpc) is 2.70. The van der Waals surface area contributed by atoms with Gasteiger partial charge in [0, 0.05) is 31.0 Å². The van der Waals surface area contributed by atoms with E-state index < -0.39 is 0 Å². The van der Waals surface area contributed by atoms with Crippen molar-refractivity contribution in [3.8, 4) is 0 Å². The summed E-state index contributed by atoms with van der Waals surface area (Å²) in [4.78, 5) is 17.2. The molecule has 0 bridgehead atoms. The van der Waals surface area contributed by atoms with E-state index in [0.717, 1.165) is 44.1 Å². The molecule has 3 rings (SSSR count). The van der Waals surface area contributed by atoms with Crippen LogP contribution in [-0.2, 0) is 16.1 Å². The summed E-state index contributed by atoms with van der Waals surface area (Å²) >= 11 is 0. The lowest BCUT2D eigenvalue weighted by molar-refractivity contribution is -0.120. The van der Waals surface area contributed by atoms with Gasteiger partial charge >= 0.3 is 0 Å².